The molecule has 0 saturated carbocycles. The number of ether oxygens (including phenoxy) is 1. The minimum absolute atomic E-state index is 0.125. The van der Waals surface area contributed by atoms with Gasteiger partial charge in [0.1, 0.15) is 11.6 Å². The molecule has 0 fully saturated rings. The number of rotatable bonds is 4. The zero-order valence-electron chi connectivity index (χ0n) is 11.4. The summed E-state index contributed by atoms with van der Waals surface area (Å²) in [5, 5.41) is 13.3. The van der Waals surface area contributed by atoms with E-state index in [-0.39, 0.29) is 6.61 Å². The van der Waals surface area contributed by atoms with Crippen LogP contribution in [0.4, 0.5) is 0 Å². The molecule has 0 spiro atoms. The number of benzene rings is 1. The Morgan fingerprint density at radius 1 is 1.27 bits per heavy atom. The van der Waals surface area contributed by atoms with Gasteiger partial charge in [0.05, 0.1) is 16.5 Å². The fourth-order valence-corrected chi connectivity index (χ4v) is 3.44. The van der Waals surface area contributed by atoms with Gasteiger partial charge in [-0.2, -0.15) is 5.26 Å². The van der Waals surface area contributed by atoms with Gasteiger partial charge < -0.3 is 4.74 Å². The van der Waals surface area contributed by atoms with Crippen molar-refractivity contribution < 1.29 is 9.53 Å². The van der Waals surface area contributed by atoms with Crippen LogP contribution in [0.2, 0.25) is 0 Å². The molecule has 0 atom stereocenters. The zero-order valence-corrected chi connectivity index (χ0v) is 13.0. The highest BCUT2D eigenvalue weighted by Crippen LogP contribution is 2.28. The summed E-state index contributed by atoms with van der Waals surface area (Å²) in [6.07, 6.45) is 0. The van der Waals surface area contributed by atoms with Crippen molar-refractivity contribution in [3.63, 3.8) is 0 Å². The van der Waals surface area contributed by atoms with E-state index < -0.39 is 5.97 Å². The fourth-order valence-electron chi connectivity index (χ4n) is 1.83. The van der Waals surface area contributed by atoms with E-state index in [1.165, 1.54) is 11.3 Å². The largest absolute Gasteiger partial charge is 0.456 e. The molecule has 0 amide bonds. The number of carbonyl (C=O) groups excluding carboxylic acids is 1. The third-order valence-electron chi connectivity index (χ3n) is 2.87. The number of nitrogens with zero attached hydrogens (tertiary/aromatic N) is 2. The first kappa shape index (κ1) is 14.4. The van der Waals surface area contributed by atoms with Crippen molar-refractivity contribution in [2.24, 2.45) is 0 Å². The lowest BCUT2D eigenvalue weighted by molar-refractivity contribution is 0.0467. The molecule has 3 aromatic rings. The Labute approximate surface area is 135 Å². The Morgan fingerprint density at radius 2 is 2.18 bits per heavy atom. The van der Waals surface area contributed by atoms with Crippen molar-refractivity contribution in [1.29, 1.82) is 5.26 Å². The van der Waals surface area contributed by atoms with Crippen molar-refractivity contribution >= 4 is 28.6 Å². The quantitative estimate of drug-likeness (QED) is 0.677. The van der Waals surface area contributed by atoms with E-state index in [0.29, 0.717) is 11.3 Å². The lowest BCUT2D eigenvalue weighted by atomic mass is 10.1. The van der Waals surface area contributed by atoms with Gasteiger partial charge in [-0.05, 0) is 29.1 Å². The van der Waals surface area contributed by atoms with E-state index in [0.717, 1.165) is 15.4 Å². The van der Waals surface area contributed by atoms with Crippen molar-refractivity contribution in [2.45, 2.75) is 6.61 Å². The summed E-state index contributed by atoms with van der Waals surface area (Å²) >= 11 is 3.00. The maximum Gasteiger partial charge on any atom is 0.358 e. The van der Waals surface area contributed by atoms with E-state index in [9.17, 15) is 4.79 Å². The molecule has 0 aliphatic heterocycles. The van der Waals surface area contributed by atoms with Gasteiger partial charge >= 0.3 is 5.97 Å². The molecule has 108 valence electrons. The third kappa shape index (κ3) is 3.22. The second kappa shape index (κ2) is 6.52. The monoisotopic (exact) mass is 326 g/mol. The van der Waals surface area contributed by atoms with Crippen molar-refractivity contribution in [1.82, 2.24) is 4.98 Å². The molecule has 4 nitrogen and oxygen atoms in total. The molecular weight excluding hydrogens is 316 g/mol. The third-order valence-corrected chi connectivity index (χ3v) is 4.75. The second-order valence-corrected chi connectivity index (χ2v) is 6.21. The molecule has 6 heteroatoms. The van der Waals surface area contributed by atoms with Crippen molar-refractivity contribution in [3.8, 4) is 16.0 Å². The normalized spacial score (nSPS) is 10.1. The predicted octanol–water partition coefficient (Wildman–Crippen LogP) is 4.10. The van der Waals surface area contributed by atoms with Crippen molar-refractivity contribution in [3.05, 3.63) is 64.0 Å². The molecule has 0 aliphatic rings. The van der Waals surface area contributed by atoms with Gasteiger partial charge in [-0.25, -0.2) is 9.78 Å². The molecule has 2 heterocycles. The summed E-state index contributed by atoms with van der Waals surface area (Å²) in [5.74, 6) is -0.457. The molecule has 3 rings (SSSR count). The summed E-state index contributed by atoms with van der Waals surface area (Å²) < 4.78 is 5.24. The van der Waals surface area contributed by atoms with Gasteiger partial charge in [-0.1, -0.05) is 18.2 Å². The number of nitriles is 1. The smallest absolute Gasteiger partial charge is 0.358 e. The van der Waals surface area contributed by atoms with Gasteiger partial charge in [-0.15, -0.1) is 22.7 Å². The van der Waals surface area contributed by atoms with Gasteiger partial charge in [0, 0.05) is 5.38 Å². The van der Waals surface area contributed by atoms with Crippen LogP contribution in [0.3, 0.4) is 0 Å². The van der Waals surface area contributed by atoms with Crippen LogP contribution in [0.15, 0.2) is 47.2 Å². The lowest BCUT2D eigenvalue weighted by Gasteiger charge is -2.03. The first-order valence-corrected chi connectivity index (χ1v) is 8.18. The standard InChI is InChI=1S/C16H10N2O2S2/c17-8-11-3-1-4-12(7-11)9-20-16(19)13-10-22-15(18-13)14-5-2-6-21-14/h1-7,10H,9H2. The van der Waals surface area contributed by atoms with Crippen LogP contribution in [0, 0.1) is 11.3 Å². The minimum Gasteiger partial charge on any atom is -0.456 e. The van der Waals surface area contributed by atoms with Gasteiger partial charge in [0.2, 0.25) is 0 Å². The van der Waals surface area contributed by atoms with E-state index in [1.54, 1.807) is 34.9 Å². The first-order chi connectivity index (χ1) is 10.8. The van der Waals surface area contributed by atoms with Crippen LogP contribution in [-0.2, 0) is 11.3 Å². The highest BCUT2D eigenvalue weighted by atomic mass is 32.1. The minimum atomic E-state index is -0.457. The molecule has 22 heavy (non-hydrogen) atoms. The SMILES string of the molecule is N#Cc1cccc(COC(=O)c2csc(-c3cccs3)n2)c1. The van der Waals surface area contributed by atoms with Crippen LogP contribution < -0.4 is 0 Å². The number of hydrogen-bond acceptors (Lipinski definition) is 6. The number of hydrogen-bond donors (Lipinski definition) is 0. The highest BCUT2D eigenvalue weighted by Gasteiger charge is 2.13. The highest BCUT2D eigenvalue weighted by molar-refractivity contribution is 7.20. The Hall–Kier alpha value is -2.49. The van der Waals surface area contributed by atoms with E-state index in [2.05, 4.69) is 11.1 Å². The number of carbonyl (C=O) groups is 1. The molecule has 2 aromatic heterocycles. The maximum absolute atomic E-state index is 12.0. The van der Waals surface area contributed by atoms with E-state index >= 15 is 0 Å². The maximum atomic E-state index is 12.0. The molecule has 0 unspecified atom stereocenters. The molecule has 0 bridgehead atoms. The molecule has 0 aliphatic carbocycles. The molecule has 0 radical (unpaired) electrons. The zero-order chi connectivity index (χ0) is 15.4. The van der Waals surface area contributed by atoms with Gasteiger partial charge in [-0.3, -0.25) is 0 Å². The van der Waals surface area contributed by atoms with Crippen LogP contribution >= 0.6 is 22.7 Å². The summed E-state index contributed by atoms with van der Waals surface area (Å²) in [6.45, 7) is 0.125. The predicted molar refractivity (Wildman–Crippen MR) is 85.7 cm³/mol. The van der Waals surface area contributed by atoms with Gasteiger partial charge in [0.25, 0.3) is 0 Å². The topological polar surface area (TPSA) is 63.0 Å². The van der Waals surface area contributed by atoms with Gasteiger partial charge in [0.15, 0.2) is 5.69 Å². The van der Waals surface area contributed by atoms with Crippen LogP contribution in [0.5, 0.6) is 0 Å². The Bertz CT molecular complexity index is 832. The summed E-state index contributed by atoms with van der Waals surface area (Å²) in [5.41, 5.74) is 1.63. The van der Waals surface area contributed by atoms with Crippen LogP contribution in [0.1, 0.15) is 21.6 Å². The average molecular weight is 326 g/mol. The molecule has 0 N–H and O–H groups in total. The number of esters is 1. The van der Waals surface area contributed by atoms with Crippen LogP contribution in [0.25, 0.3) is 9.88 Å². The Morgan fingerprint density at radius 3 is 2.95 bits per heavy atom. The number of thiazole rings is 1. The summed E-state index contributed by atoms with van der Waals surface area (Å²) in [7, 11) is 0. The number of aromatic nitrogens is 1. The average Bonchev–Trinajstić information content (AvgIpc) is 3.23. The fraction of sp³-hybridized carbons (Fsp3) is 0.0625. The lowest BCUT2D eigenvalue weighted by Crippen LogP contribution is -2.05. The van der Waals surface area contributed by atoms with Crippen molar-refractivity contribution in [2.75, 3.05) is 0 Å². The molecular formula is C16H10N2O2S2. The Balaban J connectivity index is 1.66. The molecule has 1 aromatic carbocycles. The first-order valence-electron chi connectivity index (χ1n) is 6.42. The van der Waals surface area contributed by atoms with E-state index in [4.69, 9.17) is 10.00 Å². The van der Waals surface area contributed by atoms with E-state index in [1.807, 2.05) is 23.6 Å². The summed E-state index contributed by atoms with van der Waals surface area (Å²) in [4.78, 5) is 17.3. The Kier molecular flexibility index (Phi) is 4.28. The second-order valence-electron chi connectivity index (χ2n) is 4.40. The number of thiophene rings is 1. The van der Waals surface area contributed by atoms with Crippen LogP contribution in [-0.4, -0.2) is 11.0 Å². The summed E-state index contributed by atoms with van der Waals surface area (Å²) in [6, 6.07) is 12.9. The molecule has 0 saturated heterocycles.